The SMILES string of the molecule is COC(=O)[C@H]1C[C@]2(C)O[C@@]1(C)[C@H]1O[C@H]12. The van der Waals surface area contributed by atoms with Gasteiger partial charge in [-0.2, -0.15) is 0 Å². The smallest absolute Gasteiger partial charge is 0.311 e. The number of epoxide rings is 1. The van der Waals surface area contributed by atoms with Gasteiger partial charge < -0.3 is 14.2 Å². The molecule has 14 heavy (non-hydrogen) atoms. The van der Waals surface area contributed by atoms with Gasteiger partial charge in [-0.25, -0.2) is 0 Å². The summed E-state index contributed by atoms with van der Waals surface area (Å²) in [7, 11) is 1.42. The molecule has 0 unspecified atom stereocenters. The van der Waals surface area contributed by atoms with Crippen molar-refractivity contribution >= 4 is 5.97 Å². The average molecular weight is 198 g/mol. The summed E-state index contributed by atoms with van der Waals surface area (Å²) in [6, 6.07) is 0. The summed E-state index contributed by atoms with van der Waals surface area (Å²) in [5.74, 6) is -0.341. The van der Waals surface area contributed by atoms with Crippen molar-refractivity contribution in [2.24, 2.45) is 5.92 Å². The third-order valence-corrected chi connectivity index (χ3v) is 3.90. The van der Waals surface area contributed by atoms with E-state index in [0.717, 1.165) is 6.42 Å². The van der Waals surface area contributed by atoms with Crippen LogP contribution in [-0.2, 0) is 19.0 Å². The molecule has 0 aromatic heterocycles. The van der Waals surface area contributed by atoms with Gasteiger partial charge in [-0.15, -0.1) is 0 Å². The molecule has 0 aromatic carbocycles. The summed E-state index contributed by atoms with van der Waals surface area (Å²) in [4.78, 5) is 11.6. The highest BCUT2D eigenvalue weighted by atomic mass is 16.7. The Bertz CT molecular complexity index is 315. The second-order valence-corrected chi connectivity index (χ2v) is 4.86. The van der Waals surface area contributed by atoms with E-state index < -0.39 is 5.60 Å². The van der Waals surface area contributed by atoms with Crippen molar-refractivity contribution in [3.63, 3.8) is 0 Å². The van der Waals surface area contributed by atoms with E-state index in [9.17, 15) is 4.79 Å². The van der Waals surface area contributed by atoms with Crippen LogP contribution in [0.1, 0.15) is 20.3 Å². The summed E-state index contributed by atoms with van der Waals surface area (Å²) in [5.41, 5.74) is -0.717. The molecule has 2 bridgehead atoms. The lowest BCUT2D eigenvalue weighted by Gasteiger charge is -2.25. The number of hydrogen-bond donors (Lipinski definition) is 0. The van der Waals surface area contributed by atoms with Crippen molar-refractivity contribution in [2.45, 2.75) is 43.7 Å². The molecule has 3 rings (SSSR count). The summed E-state index contributed by atoms with van der Waals surface area (Å²) < 4.78 is 16.2. The Hall–Kier alpha value is -0.610. The largest absolute Gasteiger partial charge is 0.469 e. The molecule has 0 amide bonds. The molecule has 0 aromatic rings. The molecular formula is C10H14O4. The third kappa shape index (κ3) is 0.754. The number of fused-ring (bicyclic) bond motifs is 5. The van der Waals surface area contributed by atoms with Gasteiger partial charge in [-0.05, 0) is 20.3 Å². The monoisotopic (exact) mass is 198 g/mol. The van der Waals surface area contributed by atoms with Crippen LogP contribution >= 0.6 is 0 Å². The molecule has 3 aliphatic rings. The van der Waals surface area contributed by atoms with E-state index in [2.05, 4.69) is 0 Å². The highest BCUT2D eigenvalue weighted by Gasteiger charge is 2.78. The Kier molecular flexibility index (Phi) is 1.33. The minimum atomic E-state index is -0.452. The van der Waals surface area contributed by atoms with Crippen molar-refractivity contribution in [1.82, 2.24) is 0 Å². The lowest BCUT2D eigenvalue weighted by atomic mass is 9.75. The quantitative estimate of drug-likeness (QED) is 0.454. The number of carbonyl (C=O) groups excluding carboxylic acids is 1. The average Bonchev–Trinajstić information content (AvgIpc) is 2.85. The predicted molar refractivity (Wildman–Crippen MR) is 46.7 cm³/mol. The van der Waals surface area contributed by atoms with Crippen LogP contribution in [0.4, 0.5) is 0 Å². The summed E-state index contributed by atoms with van der Waals surface area (Å²) in [6.45, 7) is 3.98. The molecule has 0 aliphatic carbocycles. The van der Waals surface area contributed by atoms with E-state index in [-0.39, 0.29) is 29.7 Å². The van der Waals surface area contributed by atoms with Crippen molar-refractivity contribution in [1.29, 1.82) is 0 Å². The molecule has 0 N–H and O–H groups in total. The fourth-order valence-corrected chi connectivity index (χ4v) is 3.13. The molecule has 0 radical (unpaired) electrons. The standard InChI is InChI=1S/C10H14O4/c1-9-4-5(8(11)12-3)10(2,14-9)7-6(9)13-7/h5-7H,4H2,1-3H3/t5-,6-,7+,9+,10-/m1/s1. The van der Waals surface area contributed by atoms with Crippen molar-refractivity contribution in [2.75, 3.05) is 7.11 Å². The first-order chi connectivity index (χ1) is 6.51. The zero-order valence-electron chi connectivity index (χ0n) is 8.57. The van der Waals surface area contributed by atoms with Crippen LogP contribution in [0.3, 0.4) is 0 Å². The number of esters is 1. The minimum absolute atomic E-state index is 0.102. The lowest BCUT2D eigenvalue weighted by molar-refractivity contribution is -0.154. The van der Waals surface area contributed by atoms with Crippen LogP contribution in [0.2, 0.25) is 0 Å². The Morgan fingerprint density at radius 1 is 1.43 bits per heavy atom. The Morgan fingerprint density at radius 3 is 2.64 bits per heavy atom. The third-order valence-electron chi connectivity index (χ3n) is 3.90. The Morgan fingerprint density at radius 2 is 2.14 bits per heavy atom. The van der Waals surface area contributed by atoms with Crippen LogP contribution in [-0.4, -0.2) is 36.5 Å². The molecule has 78 valence electrons. The van der Waals surface area contributed by atoms with E-state index in [1.165, 1.54) is 7.11 Å². The normalized spacial score (nSPS) is 58.4. The lowest BCUT2D eigenvalue weighted by Crippen LogP contribution is -2.42. The summed E-state index contributed by atoms with van der Waals surface area (Å²) in [5, 5.41) is 0. The van der Waals surface area contributed by atoms with Crippen LogP contribution in [0.15, 0.2) is 0 Å². The van der Waals surface area contributed by atoms with Crippen molar-refractivity contribution in [3.8, 4) is 0 Å². The molecule has 3 saturated heterocycles. The number of ether oxygens (including phenoxy) is 3. The molecule has 5 atom stereocenters. The molecule has 3 aliphatic heterocycles. The Labute approximate surface area is 82.5 Å². The van der Waals surface area contributed by atoms with Gasteiger partial charge in [-0.3, -0.25) is 4.79 Å². The molecular weight excluding hydrogens is 184 g/mol. The predicted octanol–water partition coefficient (Wildman–Crippen LogP) is 0.494. The van der Waals surface area contributed by atoms with Gasteiger partial charge in [0.05, 0.1) is 18.6 Å². The molecule has 4 nitrogen and oxygen atoms in total. The van der Waals surface area contributed by atoms with Crippen LogP contribution in [0.25, 0.3) is 0 Å². The van der Waals surface area contributed by atoms with E-state index in [4.69, 9.17) is 14.2 Å². The topological polar surface area (TPSA) is 48.1 Å². The van der Waals surface area contributed by atoms with Crippen LogP contribution in [0.5, 0.6) is 0 Å². The maximum Gasteiger partial charge on any atom is 0.311 e. The van der Waals surface area contributed by atoms with E-state index >= 15 is 0 Å². The summed E-state index contributed by atoms with van der Waals surface area (Å²) in [6.07, 6.45) is 1.02. The van der Waals surface area contributed by atoms with Crippen molar-refractivity contribution in [3.05, 3.63) is 0 Å². The van der Waals surface area contributed by atoms with Gasteiger partial charge in [0, 0.05) is 0 Å². The van der Waals surface area contributed by atoms with Crippen LogP contribution in [0, 0.1) is 5.92 Å². The second-order valence-electron chi connectivity index (χ2n) is 4.86. The second kappa shape index (κ2) is 2.14. The molecule has 4 heteroatoms. The minimum Gasteiger partial charge on any atom is -0.469 e. The zero-order valence-corrected chi connectivity index (χ0v) is 8.57. The van der Waals surface area contributed by atoms with Crippen molar-refractivity contribution < 1.29 is 19.0 Å². The fourth-order valence-electron chi connectivity index (χ4n) is 3.13. The number of rotatable bonds is 1. The van der Waals surface area contributed by atoms with Gasteiger partial charge in [0.2, 0.25) is 0 Å². The van der Waals surface area contributed by atoms with Gasteiger partial charge in [0.15, 0.2) is 0 Å². The highest BCUT2D eigenvalue weighted by molar-refractivity contribution is 5.75. The molecule has 0 spiro atoms. The van der Waals surface area contributed by atoms with E-state index in [1.54, 1.807) is 0 Å². The number of hydrogen-bond acceptors (Lipinski definition) is 4. The van der Waals surface area contributed by atoms with Gasteiger partial charge in [0.1, 0.15) is 17.8 Å². The van der Waals surface area contributed by atoms with Gasteiger partial charge in [0.25, 0.3) is 0 Å². The molecule has 3 heterocycles. The first kappa shape index (κ1) is 8.68. The van der Waals surface area contributed by atoms with E-state index in [0.29, 0.717) is 0 Å². The fraction of sp³-hybridized carbons (Fsp3) is 0.900. The summed E-state index contributed by atoms with van der Waals surface area (Å²) >= 11 is 0. The first-order valence-corrected chi connectivity index (χ1v) is 4.95. The maximum atomic E-state index is 11.6. The molecule has 3 fully saturated rings. The van der Waals surface area contributed by atoms with E-state index in [1.807, 2.05) is 13.8 Å². The number of methoxy groups -OCH3 is 1. The van der Waals surface area contributed by atoms with Gasteiger partial charge in [-0.1, -0.05) is 0 Å². The molecule has 0 saturated carbocycles. The highest BCUT2D eigenvalue weighted by Crippen LogP contribution is 2.63. The van der Waals surface area contributed by atoms with Crippen LogP contribution < -0.4 is 0 Å². The number of carbonyl (C=O) groups is 1. The van der Waals surface area contributed by atoms with Gasteiger partial charge >= 0.3 is 5.97 Å². The maximum absolute atomic E-state index is 11.6. The first-order valence-electron chi connectivity index (χ1n) is 4.95. The Balaban J connectivity index is 1.95. The zero-order chi connectivity index (χ0) is 10.1.